The van der Waals surface area contributed by atoms with Crippen LogP contribution in [0, 0.1) is 12.8 Å². The second-order valence-electron chi connectivity index (χ2n) is 7.59. The van der Waals surface area contributed by atoms with Crippen molar-refractivity contribution in [3.05, 3.63) is 23.5 Å². The number of aromatic nitrogens is 1. The first-order valence-electron chi connectivity index (χ1n) is 8.05. The minimum Gasteiger partial charge on any atom is -0.399 e. The Labute approximate surface area is 132 Å². The van der Waals surface area contributed by atoms with Gasteiger partial charge in [0.15, 0.2) is 5.78 Å². The van der Waals surface area contributed by atoms with Gasteiger partial charge in [0, 0.05) is 18.1 Å². The van der Waals surface area contributed by atoms with Crippen LogP contribution >= 0.6 is 0 Å². The van der Waals surface area contributed by atoms with E-state index in [1.54, 1.807) is 6.20 Å². The summed E-state index contributed by atoms with van der Waals surface area (Å²) in [6.45, 7) is 10.1. The molecule has 1 aliphatic carbocycles. The van der Waals surface area contributed by atoms with E-state index in [1.807, 2.05) is 40.7 Å². The minimum atomic E-state index is -0.426. The summed E-state index contributed by atoms with van der Waals surface area (Å²) in [5, 5.41) is 0. The Morgan fingerprint density at radius 1 is 1.27 bits per heavy atom. The molecule has 3 rings (SSSR count). The van der Waals surface area contributed by atoms with Crippen molar-refractivity contribution >= 4 is 18.4 Å². The van der Waals surface area contributed by atoms with Crippen LogP contribution in [0.4, 0.5) is 0 Å². The van der Waals surface area contributed by atoms with Crippen LogP contribution in [0.5, 0.6) is 0 Å². The average molecular weight is 301 g/mol. The standard InChI is InChI=1S/C17H24BNO3/c1-11-8-14(15(20)9-12-6-7-12)19-10-13(11)18-21-16(2,3)17(4,5)22-18/h8,10,12H,6-7,9H2,1-5H3. The lowest BCUT2D eigenvalue weighted by Gasteiger charge is -2.32. The van der Waals surface area contributed by atoms with Crippen molar-refractivity contribution < 1.29 is 14.1 Å². The molecule has 1 aliphatic heterocycles. The van der Waals surface area contributed by atoms with Gasteiger partial charge >= 0.3 is 7.12 Å². The Kier molecular flexibility index (Phi) is 3.69. The van der Waals surface area contributed by atoms with Gasteiger partial charge in [-0.3, -0.25) is 9.78 Å². The molecule has 118 valence electrons. The van der Waals surface area contributed by atoms with E-state index in [-0.39, 0.29) is 17.0 Å². The molecular weight excluding hydrogens is 277 g/mol. The summed E-state index contributed by atoms with van der Waals surface area (Å²) in [5.74, 6) is 0.725. The van der Waals surface area contributed by atoms with Gasteiger partial charge in [0.25, 0.3) is 0 Å². The molecule has 22 heavy (non-hydrogen) atoms. The molecule has 0 amide bonds. The van der Waals surface area contributed by atoms with Crippen LogP contribution in [0.25, 0.3) is 0 Å². The fourth-order valence-corrected chi connectivity index (χ4v) is 2.62. The first-order chi connectivity index (χ1) is 10.2. The van der Waals surface area contributed by atoms with Crippen molar-refractivity contribution in [1.82, 2.24) is 4.98 Å². The second-order valence-corrected chi connectivity index (χ2v) is 7.59. The third kappa shape index (κ3) is 2.84. The highest BCUT2D eigenvalue weighted by molar-refractivity contribution is 6.62. The Morgan fingerprint density at radius 3 is 2.36 bits per heavy atom. The smallest absolute Gasteiger partial charge is 0.399 e. The third-order valence-corrected chi connectivity index (χ3v) is 5.12. The number of Topliss-reactive ketones (excluding diaryl/α,β-unsaturated/α-hetero) is 1. The number of hydrogen-bond acceptors (Lipinski definition) is 4. The maximum Gasteiger partial charge on any atom is 0.496 e. The molecule has 0 atom stereocenters. The lowest BCUT2D eigenvalue weighted by atomic mass is 9.77. The number of aryl methyl sites for hydroxylation is 1. The van der Waals surface area contributed by atoms with Crippen LogP contribution in [0.15, 0.2) is 12.3 Å². The fraction of sp³-hybridized carbons (Fsp3) is 0.647. The molecule has 4 nitrogen and oxygen atoms in total. The van der Waals surface area contributed by atoms with Gasteiger partial charge in [-0.25, -0.2) is 0 Å². The van der Waals surface area contributed by atoms with E-state index in [0.29, 0.717) is 18.0 Å². The number of nitrogens with zero attached hydrogens (tertiary/aromatic N) is 1. The molecule has 0 radical (unpaired) electrons. The predicted molar refractivity (Wildman–Crippen MR) is 86.4 cm³/mol. The minimum absolute atomic E-state index is 0.145. The normalized spacial score (nSPS) is 22.9. The van der Waals surface area contributed by atoms with Crippen molar-refractivity contribution in [1.29, 1.82) is 0 Å². The lowest BCUT2D eigenvalue weighted by molar-refractivity contribution is 0.00578. The summed E-state index contributed by atoms with van der Waals surface area (Å²) in [4.78, 5) is 16.5. The number of carbonyl (C=O) groups excluding carboxylic acids is 1. The largest absolute Gasteiger partial charge is 0.496 e. The number of rotatable bonds is 4. The van der Waals surface area contributed by atoms with Gasteiger partial charge in [0.2, 0.25) is 0 Å². The van der Waals surface area contributed by atoms with Gasteiger partial charge in [-0.1, -0.05) is 0 Å². The summed E-state index contributed by atoms with van der Waals surface area (Å²) < 4.78 is 12.1. The number of ketones is 1. The van der Waals surface area contributed by atoms with Crippen molar-refractivity contribution in [3.63, 3.8) is 0 Å². The molecule has 1 aromatic heterocycles. The Balaban J connectivity index is 1.79. The van der Waals surface area contributed by atoms with Crippen LogP contribution in [0.2, 0.25) is 0 Å². The first-order valence-corrected chi connectivity index (χ1v) is 8.05. The molecule has 0 spiro atoms. The molecule has 2 heterocycles. The average Bonchev–Trinajstić information content (AvgIpc) is 3.17. The van der Waals surface area contributed by atoms with E-state index < -0.39 is 7.12 Å². The summed E-state index contributed by atoms with van der Waals surface area (Å²) >= 11 is 0. The van der Waals surface area contributed by atoms with Gasteiger partial charge in [-0.2, -0.15) is 0 Å². The lowest BCUT2D eigenvalue weighted by Crippen LogP contribution is -2.41. The first kappa shape index (κ1) is 15.7. The predicted octanol–water partition coefficient (Wildman–Crippen LogP) is 2.67. The maximum atomic E-state index is 12.2. The highest BCUT2D eigenvalue weighted by Crippen LogP contribution is 2.37. The Morgan fingerprint density at radius 2 is 1.86 bits per heavy atom. The molecule has 0 bridgehead atoms. The van der Waals surface area contributed by atoms with Gasteiger partial charge in [0.1, 0.15) is 5.69 Å². The number of carbonyl (C=O) groups is 1. The van der Waals surface area contributed by atoms with Gasteiger partial charge in [-0.15, -0.1) is 0 Å². The second kappa shape index (κ2) is 5.17. The molecule has 2 fully saturated rings. The molecule has 1 aromatic rings. The molecule has 0 N–H and O–H groups in total. The quantitative estimate of drug-likeness (QED) is 0.634. The van der Waals surface area contributed by atoms with Crippen LogP contribution in [0.3, 0.4) is 0 Å². The highest BCUT2D eigenvalue weighted by atomic mass is 16.7. The van der Waals surface area contributed by atoms with E-state index in [9.17, 15) is 4.79 Å². The Bertz CT molecular complexity index is 592. The van der Waals surface area contributed by atoms with E-state index >= 15 is 0 Å². The third-order valence-electron chi connectivity index (χ3n) is 5.12. The summed E-state index contributed by atoms with van der Waals surface area (Å²) in [6, 6.07) is 1.87. The summed E-state index contributed by atoms with van der Waals surface area (Å²) in [6.07, 6.45) is 4.72. The number of hydrogen-bond donors (Lipinski definition) is 0. The van der Waals surface area contributed by atoms with E-state index in [0.717, 1.165) is 11.0 Å². The molecule has 0 unspecified atom stereocenters. The monoisotopic (exact) mass is 301 g/mol. The van der Waals surface area contributed by atoms with Crippen LogP contribution in [0.1, 0.15) is 63.0 Å². The molecule has 2 aliphatic rings. The topological polar surface area (TPSA) is 48.4 Å². The van der Waals surface area contributed by atoms with E-state index in [2.05, 4.69) is 4.98 Å². The molecular formula is C17H24BNO3. The van der Waals surface area contributed by atoms with Crippen LogP contribution in [-0.2, 0) is 9.31 Å². The van der Waals surface area contributed by atoms with Crippen LogP contribution < -0.4 is 5.46 Å². The molecule has 5 heteroatoms. The van der Waals surface area contributed by atoms with E-state index in [1.165, 1.54) is 12.8 Å². The number of pyridine rings is 1. The highest BCUT2D eigenvalue weighted by Gasteiger charge is 2.52. The molecule has 0 aromatic carbocycles. The van der Waals surface area contributed by atoms with Gasteiger partial charge in [-0.05, 0) is 65.0 Å². The zero-order valence-corrected chi connectivity index (χ0v) is 14.1. The Hall–Kier alpha value is -1.20. The van der Waals surface area contributed by atoms with Crippen molar-refractivity contribution in [2.75, 3.05) is 0 Å². The summed E-state index contributed by atoms with van der Waals surface area (Å²) in [5.41, 5.74) is 1.72. The zero-order valence-electron chi connectivity index (χ0n) is 14.1. The summed E-state index contributed by atoms with van der Waals surface area (Å²) in [7, 11) is -0.426. The van der Waals surface area contributed by atoms with Gasteiger partial charge in [0.05, 0.1) is 11.2 Å². The van der Waals surface area contributed by atoms with Gasteiger partial charge < -0.3 is 9.31 Å². The van der Waals surface area contributed by atoms with E-state index in [4.69, 9.17) is 9.31 Å². The van der Waals surface area contributed by atoms with Crippen molar-refractivity contribution in [2.24, 2.45) is 5.92 Å². The maximum absolute atomic E-state index is 12.2. The van der Waals surface area contributed by atoms with Crippen molar-refractivity contribution in [2.45, 2.75) is 65.1 Å². The molecule has 1 saturated carbocycles. The fourth-order valence-electron chi connectivity index (χ4n) is 2.62. The van der Waals surface area contributed by atoms with Crippen molar-refractivity contribution in [3.8, 4) is 0 Å². The molecule has 1 saturated heterocycles. The SMILES string of the molecule is Cc1cc(C(=O)CC2CC2)ncc1B1OC(C)(C)C(C)(C)O1. The van der Waals surface area contributed by atoms with Crippen LogP contribution in [-0.4, -0.2) is 29.1 Å². The zero-order chi connectivity index (χ0) is 16.1.